The highest BCUT2D eigenvalue weighted by molar-refractivity contribution is 5.86. The van der Waals surface area contributed by atoms with Crippen molar-refractivity contribution in [1.29, 1.82) is 0 Å². The van der Waals surface area contributed by atoms with Crippen LogP contribution in [0.25, 0.3) is 11.1 Å². The number of rotatable bonds is 11. The zero-order valence-electron chi connectivity index (χ0n) is 30.2. The number of nitrogens with one attached hydrogen (secondary N) is 3. The molecule has 0 spiro atoms. The van der Waals surface area contributed by atoms with Crippen molar-refractivity contribution in [3.8, 4) is 11.1 Å². The number of allylic oxidation sites excluding steroid dienone is 2. The lowest BCUT2D eigenvalue weighted by Gasteiger charge is -2.24. The molecule has 0 unspecified atom stereocenters. The number of hydrogen-bond donors (Lipinski definition) is 4. The maximum absolute atomic E-state index is 13.7. The molecule has 10 nitrogen and oxygen atoms in total. The second kappa shape index (κ2) is 18.8. The van der Waals surface area contributed by atoms with Gasteiger partial charge >= 0.3 is 12.1 Å². The van der Waals surface area contributed by atoms with E-state index in [-0.39, 0.29) is 56.8 Å². The first-order valence-corrected chi connectivity index (χ1v) is 18.6. The lowest BCUT2D eigenvalue weighted by Crippen LogP contribution is -2.47. The summed E-state index contributed by atoms with van der Waals surface area (Å²) < 4.78 is 11.5. The molecule has 0 aromatic heterocycles. The number of carbonyl (C=O) groups is 4. The second-order valence-electron chi connectivity index (χ2n) is 13.9. The number of cyclic esters (lactones) is 1. The van der Waals surface area contributed by atoms with Crippen LogP contribution in [0, 0.1) is 5.92 Å². The highest BCUT2D eigenvalue weighted by Gasteiger charge is 2.31. The molecule has 0 saturated carbocycles. The SMILES string of the molecule is O=C(C[C@H]1CC=CCC[C@H](NC(=O)OCC2c3ccccc3-c3ccccc32)C(=O)OC[C@H](Cc2ccccc2)NC1=O)N[C@H](CO)Cc1ccccc1. The van der Waals surface area contributed by atoms with Crippen molar-refractivity contribution in [3.05, 3.63) is 144 Å². The first kappa shape index (κ1) is 38.0. The van der Waals surface area contributed by atoms with Crippen LogP contribution < -0.4 is 16.0 Å². The summed E-state index contributed by atoms with van der Waals surface area (Å²) in [5, 5.41) is 18.6. The Morgan fingerprint density at radius 2 is 1.46 bits per heavy atom. The molecule has 280 valence electrons. The molecule has 0 fully saturated rings. The third kappa shape index (κ3) is 10.2. The minimum atomic E-state index is -0.985. The van der Waals surface area contributed by atoms with E-state index in [4.69, 9.17) is 9.47 Å². The summed E-state index contributed by atoms with van der Waals surface area (Å²) in [6.07, 6.45) is 4.60. The minimum absolute atomic E-state index is 0.0920. The van der Waals surface area contributed by atoms with E-state index >= 15 is 0 Å². The Morgan fingerprint density at radius 1 is 0.833 bits per heavy atom. The second-order valence-corrected chi connectivity index (χ2v) is 13.9. The minimum Gasteiger partial charge on any atom is -0.462 e. The van der Waals surface area contributed by atoms with Crippen molar-refractivity contribution < 1.29 is 33.8 Å². The van der Waals surface area contributed by atoms with Gasteiger partial charge in [0.1, 0.15) is 19.3 Å². The zero-order valence-corrected chi connectivity index (χ0v) is 30.2. The number of amides is 3. The Bertz CT molecular complexity index is 1870. The van der Waals surface area contributed by atoms with Crippen molar-refractivity contribution in [2.75, 3.05) is 19.8 Å². The Hall–Kier alpha value is -5.74. The van der Waals surface area contributed by atoms with Gasteiger partial charge in [-0.25, -0.2) is 9.59 Å². The van der Waals surface area contributed by atoms with Crippen molar-refractivity contribution in [2.24, 2.45) is 5.92 Å². The van der Waals surface area contributed by atoms with Gasteiger partial charge in [0.25, 0.3) is 0 Å². The van der Waals surface area contributed by atoms with E-state index in [9.17, 15) is 24.3 Å². The van der Waals surface area contributed by atoms with E-state index in [1.807, 2.05) is 109 Å². The number of aliphatic hydroxyl groups excluding tert-OH is 1. The number of carbonyl (C=O) groups excluding carboxylic acids is 4. The standard InChI is InChI=1S/C44H47N3O7/c48-27-33(24-30-14-4-1-5-15-30)45-41(49)26-32-18-8-3-9-23-40(43(51)53-28-34(46-42(32)50)25-31-16-6-2-7-17-31)47-44(52)54-29-39-37-21-12-10-19-35(37)36-20-11-13-22-38(36)39/h1-8,10-17,19-22,32-34,39-40,48H,9,18,23-29H2,(H,45,49)(H,46,50)(H,47,52)/t32-,33+,34+,40+/m1/s1. The molecule has 3 amide bonds. The first-order chi connectivity index (χ1) is 26.4. The summed E-state index contributed by atoms with van der Waals surface area (Å²) in [6.45, 7) is -0.279. The van der Waals surface area contributed by atoms with Gasteiger partial charge in [-0.3, -0.25) is 9.59 Å². The van der Waals surface area contributed by atoms with E-state index in [1.54, 1.807) is 0 Å². The van der Waals surface area contributed by atoms with Crippen LogP contribution in [0.4, 0.5) is 4.79 Å². The molecular weight excluding hydrogens is 682 g/mol. The normalized spacial score (nSPS) is 19.4. The molecule has 2 aliphatic rings. The molecule has 10 heteroatoms. The highest BCUT2D eigenvalue weighted by atomic mass is 16.6. The molecule has 1 aliphatic heterocycles. The van der Waals surface area contributed by atoms with E-state index in [0.29, 0.717) is 19.3 Å². The summed E-state index contributed by atoms with van der Waals surface area (Å²) in [4.78, 5) is 53.6. The van der Waals surface area contributed by atoms with Crippen LogP contribution in [0.5, 0.6) is 0 Å². The molecule has 4 aromatic carbocycles. The predicted octanol–water partition coefficient (Wildman–Crippen LogP) is 5.63. The summed E-state index contributed by atoms with van der Waals surface area (Å²) in [7, 11) is 0. The summed E-state index contributed by atoms with van der Waals surface area (Å²) >= 11 is 0. The molecule has 4 aromatic rings. The van der Waals surface area contributed by atoms with Crippen molar-refractivity contribution >= 4 is 23.9 Å². The third-order valence-electron chi connectivity index (χ3n) is 9.94. The molecule has 1 heterocycles. The van der Waals surface area contributed by atoms with Crippen LogP contribution in [0.2, 0.25) is 0 Å². The lowest BCUT2D eigenvalue weighted by atomic mass is 9.97. The van der Waals surface area contributed by atoms with Crippen LogP contribution in [-0.2, 0) is 36.7 Å². The molecule has 0 bridgehead atoms. The number of aliphatic hydroxyl groups is 1. The maximum Gasteiger partial charge on any atom is 0.407 e. The first-order valence-electron chi connectivity index (χ1n) is 18.6. The maximum atomic E-state index is 13.7. The van der Waals surface area contributed by atoms with Gasteiger partial charge in [0.05, 0.1) is 24.6 Å². The Labute approximate surface area is 316 Å². The van der Waals surface area contributed by atoms with E-state index in [0.717, 1.165) is 33.4 Å². The van der Waals surface area contributed by atoms with Crippen LogP contribution in [0.15, 0.2) is 121 Å². The van der Waals surface area contributed by atoms with E-state index in [1.165, 1.54) is 0 Å². The van der Waals surface area contributed by atoms with Crippen LogP contribution in [0.1, 0.15) is 53.9 Å². The Morgan fingerprint density at radius 3 is 2.13 bits per heavy atom. The number of benzene rings is 4. The monoisotopic (exact) mass is 729 g/mol. The third-order valence-corrected chi connectivity index (χ3v) is 9.94. The smallest absolute Gasteiger partial charge is 0.407 e. The average Bonchev–Trinajstić information content (AvgIpc) is 3.51. The van der Waals surface area contributed by atoms with Crippen molar-refractivity contribution in [2.45, 2.75) is 62.6 Å². The fourth-order valence-corrected chi connectivity index (χ4v) is 7.18. The van der Waals surface area contributed by atoms with Gasteiger partial charge in [0, 0.05) is 12.3 Å². The van der Waals surface area contributed by atoms with Gasteiger partial charge in [-0.15, -0.1) is 0 Å². The Balaban J connectivity index is 1.11. The number of ether oxygens (including phenoxy) is 2. The molecule has 0 radical (unpaired) electrons. The van der Waals surface area contributed by atoms with Gasteiger partial charge in [0.15, 0.2) is 0 Å². The molecule has 4 N–H and O–H groups in total. The quantitative estimate of drug-likeness (QED) is 0.116. The van der Waals surface area contributed by atoms with Crippen LogP contribution in [0.3, 0.4) is 0 Å². The van der Waals surface area contributed by atoms with E-state index in [2.05, 4.69) is 28.1 Å². The summed E-state index contributed by atoms with van der Waals surface area (Å²) in [5.41, 5.74) is 6.30. The average molecular weight is 730 g/mol. The van der Waals surface area contributed by atoms with Gasteiger partial charge in [-0.2, -0.15) is 0 Å². The molecule has 54 heavy (non-hydrogen) atoms. The zero-order chi connectivity index (χ0) is 37.7. The Kier molecular flexibility index (Phi) is 13.3. The summed E-state index contributed by atoms with van der Waals surface area (Å²) in [6, 6.07) is 33.1. The largest absolute Gasteiger partial charge is 0.462 e. The predicted molar refractivity (Wildman–Crippen MR) is 205 cm³/mol. The highest BCUT2D eigenvalue weighted by Crippen LogP contribution is 2.44. The van der Waals surface area contributed by atoms with Crippen molar-refractivity contribution in [3.63, 3.8) is 0 Å². The van der Waals surface area contributed by atoms with Gasteiger partial charge in [0.2, 0.25) is 11.8 Å². The van der Waals surface area contributed by atoms with Crippen LogP contribution >= 0.6 is 0 Å². The number of alkyl carbamates (subject to hydrolysis) is 1. The van der Waals surface area contributed by atoms with Gasteiger partial charge < -0.3 is 30.5 Å². The van der Waals surface area contributed by atoms with Crippen LogP contribution in [-0.4, -0.2) is 66.9 Å². The van der Waals surface area contributed by atoms with Gasteiger partial charge in [-0.1, -0.05) is 121 Å². The molecule has 6 rings (SSSR count). The fraction of sp³-hybridized carbons (Fsp3) is 0.318. The lowest BCUT2D eigenvalue weighted by molar-refractivity contribution is -0.147. The number of hydrogen-bond acceptors (Lipinski definition) is 7. The van der Waals surface area contributed by atoms with Gasteiger partial charge in [-0.05, 0) is 65.5 Å². The van der Waals surface area contributed by atoms with Crippen molar-refractivity contribution in [1.82, 2.24) is 16.0 Å². The van der Waals surface area contributed by atoms with E-state index < -0.39 is 36.1 Å². The molecule has 0 saturated heterocycles. The molecule has 4 atom stereocenters. The fourth-order valence-electron chi connectivity index (χ4n) is 7.18. The summed E-state index contributed by atoms with van der Waals surface area (Å²) in [5.74, 6) is -2.16. The molecular formula is C44H47N3O7. The number of fused-ring (bicyclic) bond motifs is 3. The number of esters is 1. The molecule has 1 aliphatic carbocycles. The topological polar surface area (TPSA) is 143 Å².